The molecule has 0 spiro atoms. The van der Waals surface area contributed by atoms with E-state index < -0.39 is 0 Å². The second-order valence-corrected chi connectivity index (χ2v) is 5.46. The van der Waals surface area contributed by atoms with Gasteiger partial charge in [0.25, 0.3) is 0 Å². The molecule has 1 aliphatic carbocycles. The van der Waals surface area contributed by atoms with Crippen molar-refractivity contribution in [1.82, 2.24) is 4.98 Å². The van der Waals surface area contributed by atoms with Gasteiger partial charge >= 0.3 is 0 Å². The molecule has 0 saturated heterocycles. The highest BCUT2D eigenvalue weighted by Gasteiger charge is 2.24. The van der Waals surface area contributed by atoms with E-state index in [1.807, 2.05) is 6.07 Å². The highest BCUT2D eigenvalue weighted by Crippen LogP contribution is 2.41. The molecular formula is C17H14FN. The lowest BCUT2D eigenvalue weighted by Gasteiger charge is -2.02. The number of aryl methyl sites for hydroxylation is 2. The molecule has 19 heavy (non-hydrogen) atoms. The van der Waals surface area contributed by atoms with Gasteiger partial charge in [-0.1, -0.05) is 12.1 Å². The van der Waals surface area contributed by atoms with E-state index in [2.05, 4.69) is 31.0 Å². The maximum absolute atomic E-state index is 13.4. The second kappa shape index (κ2) is 3.47. The smallest absolute Gasteiger partial charge is 0.123 e. The van der Waals surface area contributed by atoms with Crippen LogP contribution in [0.2, 0.25) is 0 Å². The summed E-state index contributed by atoms with van der Waals surface area (Å²) < 4.78 is 13.4. The number of hydrogen-bond acceptors (Lipinski definition) is 0. The van der Waals surface area contributed by atoms with Gasteiger partial charge < -0.3 is 4.98 Å². The lowest BCUT2D eigenvalue weighted by Crippen LogP contribution is -1.86. The topological polar surface area (TPSA) is 15.8 Å². The summed E-state index contributed by atoms with van der Waals surface area (Å²) in [6.07, 6.45) is 0.898. The molecule has 2 heteroatoms. The van der Waals surface area contributed by atoms with Gasteiger partial charge in [0.15, 0.2) is 0 Å². The van der Waals surface area contributed by atoms with E-state index in [0.29, 0.717) is 0 Å². The van der Waals surface area contributed by atoms with Crippen molar-refractivity contribution in [2.75, 3.05) is 0 Å². The quantitative estimate of drug-likeness (QED) is 0.474. The summed E-state index contributed by atoms with van der Waals surface area (Å²) in [5.74, 6) is -0.168. The van der Waals surface area contributed by atoms with Crippen LogP contribution >= 0.6 is 0 Å². The van der Waals surface area contributed by atoms with E-state index in [1.165, 1.54) is 27.6 Å². The molecule has 0 aliphatic heterocycles. The van der Waals surface area contributed by atoms with Gasteiger partial charge in [-0.05, 0) is 54.3 Å². The van der Waals surface area contributed by atoms with Gasteiger partial charge in [-0.3, -0.25) is 0 Å². The van der Waals surface area contributed by atoms with Gasteiger partial charge in [-0.25, -0.2) is 4.39 Å². The molecular weight excluding hydrogens is 237 g/mol. The number of H-pyrrole nitrogens is 1. The minimum absolute atomic E-state index is 0.168. The van der Waals surface area contributed by atoms with Gasteiger partial charge in [-0.2, -0.15) is 0 Å². The number of aromatic nitrogens is 1. The largest absolute Gasteiger partial charge is 0.354 e. The first-order chi connectivity index (χ1) is 9.13. The zero-order valence-electron chi connectivity index (χ0n) is 11.0. The SMILES string of the molecule is Cc1cc(C)c2c3c([nH]c2c1)-c1cc(F)ccc1C3. The summed E-state index contributed by atoms with van der Waals surface area (Å²) in [5, 5.41) is 1.30. The first-order valence-corrected chi connectivity index (χ1v) is 6.54. The molecule has 0 atom stereocenters. The summed E-state index contributed by atoms with van der Waals surface area (Å²) in [5.41, 5.74) is 8.35. The number of halogens is 1. The molecule has 0 bridgehead atoms. The Hall–Kier alpha value is -2.09. The minimum Gasteiger partial charge on any atom is -0.354 e. The molecule has 94 valence electrons. The van der Waals surface area contributed by atoms with E-state index in [1.54, 1.807) is 12.1 Å². The molecule has 4 rings (SSSR count). The van der Waals surface area contributed by atoms with Gasteiger partial charge in [0.05, 0.1) is 5.69 Å². The highest BCUT2D eigenvalue weighted by atomic mass is 19.1. The Morgan fingerprint density at radius 2 is 1.95 bits per heavy atom. The summed E-state index contributed by atoms with van der Waals surface area (Å²) in [4.78, 5) is 3.47. The Balaban J connectivity index is 2.09. The van der Waals surface area contributed by atoms with E-state index in [4.69, 9.17) is 0 Å². The molecule has 0 unspecified atom stereocenters. The molecule has 0 saturated carbocycles. The summed E-state index contributed by atoms with van der Waals surface area (Å²) in [6, 6.07) is 9.45. The molecule has 0 amide bonds. The van der Waals surface area contributed by atoms with Crippen LogP contribution < -0.4 is 0 Å². The molecule has 3 aromatic rings. The summed E-state index contributed by atoms with van der Waals surface area (Å²) >= 11 is 0. The zero-order chi connectivity index (χ0) is 13.1. The predicted octanol–water partition coefficient (Wildman–Crippen LogP) is 4.50. The normalized spacial score (nSPS) is 12.8. The number of aromatic amines is 1. The molecule has 1 N–H and O–H groups in total. The van der Waals surface area contributed by atoms with Gasteiger partial charge in [0.2, 0.25) is 0 Å². The minimum atomic E-state index is -0.168. The van der Waals surface area contributed by atoms with E-state index >= 15 is 0 Å². The van der Waals surface area contributed by atoms with Crippen LogP contribution in [0.25, 0.3) is 22.2 Å². The van der Waals surface area contributed by atoms with Crippen molar-refractivity contribution < 1.29 is 4.39 Å². The third kappa shape index (κ3) is 1.40. The lowest BCUT2D eigenvalue weighted by atomic mass is 10.0. The molecule has 1 aliphatic rings. The second-order valence-electron chi connectivity index (χ2n) is 5.46. The first-order valence-electron chi connectivity index (χ1n) is 6.54. The van der Waals surface area contributed by atoms with Crippen LogP contribution in [-0.4, -0.2) is 4.98 Å². The van der Waals surface area contributed by atoms with Crippen LogP contribution in [0.5, 0.6) is 0 Å². The summed E-state index contributed by atoms with van der Waals surface area (Å²) in [6.45, 7) is 4.25. The van der Waals surface area contributed by atoms with Crippen molar-refractivity contribution in [2.45, 2.75) is 20.3 Å². The van der Waals surface area contributed by atoms with Crippen LogP contribution in [0.1, 0.15) is 22.3 Å². The first kappa shape index (κ1) is 10.8. The number of benzene rings is 2. The Morgan fingerprint density at radius 1 is 1.11 bits per heavy atom. The van der Waals surface area contributed by atoms with Crippen LogP contribution in [0, 0.1) is 19.7 Å². The Morgan fingerprint density at radius 3 is 2.79 bits per heavy atom. The Kier molecular flexibility index (Phi) is 1.97. The number of fused-ring (bicyclic) bond motifs is 5. The van der Waals surface area contributed by atoms with E-state index in [-0.39, 0.29) is 5.82 Å². The molecule has 0 fully saturated rings. The zero-order valence-corrected chi connectivity index (χ0v) is 11.0. The molecule has 1 nitrogen and oxygen atoms in total. The van der Waals surface area contributed by atoms with Crippen LogP contribution in [-0.2, 0) is 6.42 Å². The number of rotatable bonds is 0. The fourth-order valence-electron chi connectivity index (χ4n) is 3.33. The fourth-order valence-corrected chi connectivity index (χ4v) is 3.33. The van der Waals surface area contributed by atoms with Crippen molar-refractivity contribution in [2.24, 2.45) is 0 Å². The Labute approximate surface area is 111 Å². The fraction of sp³-hybridized carbons (Fsp3) is 0.176. The average molecular weight is 251 g/mol. The standard InChI is InChI=1S/C17H14FN/c1-9-5-10(2)16-14-7-11-3-4-12(18)8-13(11)17(14)19-15(16)6-9/h3-6,8,19H,7H2,1-2H3. The van der Waals surface area contributed by atoms with Crippen LogP contribution in [0.3, 0.4) is 0 Å². The number of hydrogen-bond donors (Lipinski definition) is 1. The van der Waals surface area contributed by atoms with Crippen molar-refractivity contribution in [3.05, 3.63) is 58.4 Å². The lowest BCUT2D eigenvalue weighted by molar-refractivity contribution is 0.628. The molecule has 1 heterocycles. The van der Waals surface area contributed by atoms with E-state index in [9.17, 15) is 4.39 Å². The third-order valence-corrected chi connectivity index (χ3v) is 4.05. The van der Waals surface area contributed by atoms with Crippen molar-refractivity contribution in [3.63, 3.8) is 0 Å². The number of nitrogens with one attached hydrogen (secondary N) is 1. The van der Waals surface area contributed by atoms with Gasteiger partial charge in [-0.15, -0.1) is 0 Å². The molecule has 1 aromatic heterocycles. The van der Waals surface area contributed by atoms with Crippen LogP contribution in [0.15, 0.2) is 30.3 Å². The van der Waals surface area contributed by atoms with E-state index in [0.717, 1.165) is 23.2 Å². The van der Waals surface area contributed by atoms with Crippen molar-refractivity contribution in [1.29, 1.82) is 0 Å². The molecule has 2 aromatic carbocycles. The average Bonchev–Trinajstić information content (AvgIpc) is 2.84. The van der Waals surface area contributed by atoms with Crippen molar-refractivity contribution in [3.8, 4) is 11.3 Å². The highest BCUT2D eigenvalue weighted by molar-refractivity contribution is 5.96. The predicted molar refractivity (Wildman–Crippen MR) is 76.0 cm³/mol. The van der Waals surface area contributed by atoms with Crippen molar-refractivity contribution >= 4 is 10.9 Å². The Bertz CT molecular complexity index is 827. The molecule has 0 radical (unpaired) electrons. The van der Waals surface area contributed by atoms with Gasteiger partial charge in [0.1, 0.15) is 5.82 Å². The monoisotopic (exact) mass is 251 g/mol. The maximum atomic E-state index is 13.4. The third-order valence-electron chi connectivity index (χ3n) is 4.05. The van der Waals surface area contributed by atoms with Gasteiger partial charge in [0, 0.05) is 22.9 Å². The summed E-state index contributed by atoms with van der Waals surface area (Å²) in [7, 11) is 0. The maximum Gasteiger partial charge on any atom is 0.123 e. The van der Waals surface area contributed by atoms with Crippen LogP contribution in [0.4, 0.5) is 4.39 Å².